The Kier molecular flexibility index (Phi) is 5.47. The molecule has 1 aliphatic carbocycles. The van der Waals surface area contributed by atoms with Crippen LogP contribution in [0.2, 0.25) is 0 Å². The molecule has 1 unspecified atom stereocenters. The first kappa shape index (κ1) is 19.0. The average Bonchev–Trinajstić information content (AvgIpc) is 2.73. The Bertz CT molecular complexity index is 1060. The summed E-state index contributed by atoms with van der Waals surface area (Å²) < 4.78 is 0. The fraction of sp³-hybridized carbons (Fsp3) is 0.250. The summed E-state index contributed by atoms with van der Waals surface area (Å²) >= 11 is 0. The van der Waals surface area contributed by atoms with Crippen LogP contribution in [0.15, 0.2) is 60.7 Å². The van der Waals surface area contributed by atoms with E-state index in [1.807, 2.05) is 60.7 Å². The highest BCUT2D eigenvalue weighted by Crippen LogP contribution is 2.31. The molecule has 0 bridgehead atoms. The minimum Gasteiger partial charge on any atom is -0.399 e. The van der Waals surface area contributed by atoms with Crippen molar-refractivity contribution >= 4 is 28.3 Å². The number of benzene rings is 3. The monoisotopic (exact) mass is 387 g/mol. The molecule has 4 N–H and O–H groups in total. The first-order chi connectivity index (χ1) is 14.1. The number of nitrogens with two attached hydrogens (primary N) is 1. The third kappa shape index (κ3) is 4.40. The van der Waals surface area contributed by atoms with Gasteiger partial charge in [-0.25, -0.2) is 0 Å². The van der Waals surface area contributed by atoms with Crippen LogP contribution in [0.3, 0.4) is 0 Å². The average molecular weight is 387 g/mol. The maximum atomic E-state index is 12.4. The highest BCUT2D eigenvalue weighted by Gasteiger charge is 2.21. The van der Waals surface area contributed by atoms with E-state index < -0.39 is 0 Å². The van der Waals surface area contributed by atoms with Gasteiger partial charge in [0, 0.05) is 24.2 Å². The molecule has 0 spiro atoms. The molecule has 1 aliphatic rings. The zero-order chi connectivity index (χ0) is 20.2. The summed E-state index contributed by atoms with van der Waals surface area (Å²) in [7, 11) is 0. The molecule has 0 aromatic heterocycles. The molecule has 0 heterocycles. The topological polar surface area (TPSA) is 84.2 Å². The Morgan fingerprint density at radius 1 is 1.00 bits per heavy atom. The van der Waals surface area contributed by atoms with Crippen LogP contribution in [0, 0.1) is 0 Å². The van der Waals surface area contributed by atoms with Crippen molar-refractivity contribution in [2.45, 2.75) is 31.7 Å². The normalized spacial score (nSPS) is 15.5. The molecule has 0 saturated heterocycles. The van der Waals surface area contributed by atoms with Crippen molar-refractivity contribution < 1.29 is 9.59 Å². The van der Waals surface area contributed by atoms with E-state index >= 15 is 0 Å². The lowest BCUT2D eigenvalue weighted by Crippen LogP contribution is -2.34. The molecule has 2 amide bonds. The fourth-order valence-corrected chi connectivity index (χ4v) is 3.97. The summed E-state index contributed by atoms with van der Waals surface area (Å²) in [5, 5.41) is 8.06. The Morgan fingerprint density at radius 2 is 1.83 bits per heavy atom. The van der Waals surface area contributed by atoms with Crippen LogP contribution in [0.4, 0.5) is 5.69 Å². The van der Waals surface area contributed by atoms with Gasteiger partial charge in [-0.15, -0.1) is 0 Å². The number of fused-ring (bicyclic) bond motifs is 2. The van der Waals surface area contributed by atoms with E-state index in [4.69, 9.17) is 5.73 Å². The van der Waals surface area contributed by atoms with Crippen molar-refractivity contribution in [3.63, 3.8) is 0 Å². The Balaban J connectivity index is 1.30. The molecular formula is C24H25N3O2. The van der Waals surface area contributed by atoms with Crippen molar-refractivity contribution in [3.05, 3.63) is 77.4 Å². The third-order valence-electron chi connectivity index (χ3n) is 5.47. The molecule has 3 aromatic carbocycles. The van der Waals surface area contributed by atoms with Gasteiger partial charge in [0.25, 0.3) is 5.91 Å². The molecular weight excluding hydrogens is 362 g/mol. The minimum absolute atomic E-state index is 0.0167. The van der Waals surface area contributed by atoms with Crippen molar-refractivity contribution in [1.82, 2.24) is 10.6 Å². The van der Waals surface area contributed by atoms with Crippen molar-refractivity contribution in [2.24, 2.45) is 0 Å². The maximum absolute atomic E-state index is 12.4. The summed E-state index contributed by atoms with van der Waals surface area (Å²) in [6.45, 7) is 0.304. The highest BCUT2D eigenvalue weighted by atomic mass is 16.2. The Hall–Kier alpha value is -3.34. The van der Waals surface area contributed by atoms with Crippen LogP contribution in [0.1, 0.15) is 46.8 Å². The second kappa shape index (κ2) is 8.35. The summed E-state index contributed by atoms with van der Waals surface area (Å²) in [6.07, 6.45) is 3.20. The SMILES string of the molecule is Nc1ccc2c(c1)CCCC2NC(=O)CCNC(=O)c1ccc2ccccc2c1. The van der Waals surface area contributed by atoms with Crippen LogP contribution in [-0.2, 0) is 11.2 Å². The van der Waals surface area contributed by atoms with Gasteiger partial charge >= 0.3 is 0 Å². The largest absolute Gasteiger partial charge is 0.399 e. The molecule has 5 nitrogen and oxygen atoms in total. The molecule has 5 heteroatoms. The predicted octanol–water partition coefficient (Wildman–Crippen LogP) is 3.74. The molecule has 1 atom stereocenters. The number of anilines is 1. The minimum atomic E-state index is -0.165. The molecule has 0 fully saturated rings. The molecule has 0 saturated carbocycles. The smallest absolute Gasteiger partial charge is 0.251 e. The second-order valence-corrected chi connectivity index (χ2v) is 7.54. The number of amides is 2. The molecule has 0 aliphatic heterocycles. The summed E-state index contributed by atoms with van der Waals surface area (Å²) in [6, 6.07) is 19.4. The summed E-state index contributed by atoms with van der Waals surface area (Å²) in [5.41, 5.74) is 9.60. The van der Waals surface area contributed by atoms with E-state index in [1.54, 1.807) is 0 Å². The van der Waals surface area contributed by atoms with Gasteiger partial charge in [-0.2, -0.15) is 0 Å². The highest BCUT2D eigenvalue weighted by molar-refractivity contribution is 5.98. The summed E-state index contributed by atoms with van der Waals surface area (Å²) in [5.74, 6) is -0.222. The number of nitrogens with one attached hydrogen (secondary N) is 2. The van der Waals surface area contributed by atoms with E-state index in [-0.39, 0.29) is 24.3 Å². The Morgan fingerprint density at radius 3 is 2.69 bits per heavy atom. The lowest BCUT2D eigenvalue weighted by atomic mass is 9.87. The first-order valence-electron chi connectivity index (χ1n) is 10.0. The Labute approximate surface area is 170 Å². The van der Waals surface area contributed by atoms with Gasteiger partial charge in [-0.05, 0) is 65.4 Å². The molecule has 0 radical (unpaired) electrons. The van der Waals surface area contributed by atoms with Gasteiger partial charge in [0.05, 0.1) is 6.04 Å². The molecule has 148 valence electrons. The molecule has 4 rings (SSSR count). The number of hydrogen-bond donors (Lipinski definition) is 3. The number of carbonyl (C=O) groups excluding carboxylic acids is 2. The zero-order valence-electron chi connectivity index (χ0n) is 16.3. The van der Waals surface area contributed by atoms with Gasteiger partial charge in [0.1, 0.15) is 0 Å². The van der Waals surface area contributed by atoms with Gasteiger partial charge in [-0.1, -0.05) is 36.4 Å². The second-order valence-electron chi connectivity index (χ2n) is 7.54. The van der Waals surface area contributed by atoms with Gasteiger partial charge in [0.2, 0.25) is 5.91 Å². The van der Waals surface area contributed by atoms with Crippen molar-refractivity contribution in [1.29, 1.82) is 0 Å². The van der Waals surface area contributed by atoms with E-state index in [0.717, 1.165) is 41.3 Å². The van der Waals surface area contributed by atoms with Crippen LogP contribution in [0.25, 0.3) is 10.8 Å². The van der Waals surface area contributed by atoms with Gasteiger partial charge in [0.15, 0.2) is 0 Å². The maximum Gasteiger partial charge on any atom is 0.251 e. The number of hydrogen-bond acceptors (Lipinski definition) is 3. The standard InChI is InChI=1S/C24H25N3O2/c25-20-10-11-21-18(15-20)6-3-7-22(21)27-23(28)12-13-26-24(29)19-9-8-16-4-1-2-5-17(16)14-19/h1-2,4-5,8-11,14-15,22H,3,6-7,12-13,25H2,(H,26,29)(H,27,28). The number of carbonyl (C=O) groups is 2. The lowest BCUT2D eigenvalue weighted by molar-refractivity contribution is -0.121. The quantitative estimate of drug-likeness (QED) is 0.583. The predicted molar refractivity (Wildman–Crippen MR) is 116 cm³/mol. The fourth-order valence-electron chi connectivity index (χ4n) is 3.97. The van der Waals surface area contributed by atoms with E-state index in [2.05, 4.69) is 10.6 Å². The van der Waals surface area contributed by atoms with Crippen LogP contribution in [0.5, 0.6) is 0 Å². The van der Waals surface area contributed by atoms with E-state index in [9.17, 15) is 9.59 Å². The first-order valence-corrected chi connectivity index (χ1v) is 10.0. The molecule has 29 heavy (non-hydrogen) atoms. The molecule has 3 aromatic rings. The third-order valence-corrected chi connectivity index (χ3v) is 5.47. The summed E-state index contributed by atoms with van der Waals surface area (Å²) in [4.78, 5) is 24.8. The lowest BCUT2D eigenvalue weighted by Gasteiger charge is -2.26. The van der Waals surface area contributed by atoms with Crippen LogP contribution in [-0.4, -0.2) is 18.4 Å². The van der Waals surface area contributed by atoms with E-state index in [1.165, 1.54) is 5.56 Å². The number of nitrogen functional groups attached to an aromatic ring is 1. The number of aryl methyl sites for hydroxylation is 1. The number of rotatable bonds is 5. The van der Waals surface area contributed by atoms with Crippen LogP contribution < -0.4 is 16.4 Å². The van der Waals surface area contributed by atoms with Crippen molar-refractivity contribution in [2.75, 3.05) is 12.3 Å². The van der Waals surface area contributed by atoms with Gasteiger partial charge in [-0.3, -0.25) is 9.59 Å². The zero-order valence-corrected chi connectivity index (χ0v) is 16.3. The van der Waals surface area contributed by atoms with Gasteiger partial charge < -0.3 is 16.4 Å². The van der Waals surface area contributed by atoms with Crippen molar-refractivity contribution in [3.8, 4) is 0 Å². The van der Waals surface area contributed by atoms with Crippen LogP contribution >= 0.6 is 0 Å². The van der Waals surface area contributed by atoms with E-state index in [0.29, 0.717) is 12.1 Å².